The number of aromatic nitrogens is 1. The monoisotopic (exact) mass is 292 g/mol. The van der Waals surface area contributed by atoms with Crippen molar-refractivity contribution < 1.29 is 19.1 Å². The van der Waals surface area contributed by atoms with Crippen LogP contribution < -0.4 is 4.74 Å². The van der Waals surface area contributed by atoms with Crippen LogP contribution in [0.25, 0.3) is 0 Å². The van der Waals surface area contributed by atoms with E-state index in [1.807, 2.05) is 6.92 Å². The van der Waals surface area contributed by atoms with Gasteiger partial charge in [-0.2, -0.15) is 0 Å². The minimum atomic E-state index is -0.586. The van der Waals surface area contributed by atoms with Crippen molar-refractivity contribution in [1.29, 1.82) is 0 Å². The molecule has 0 radical (unpaired) electrons. The Morgan fingerprint density at radius 1 is 1.29 bits per heavy atom. The molecule has 0 unspecified atom stereocenters. The minimum Gasteiger partial charge on any atom is -0.477 e. The van der Waals surface area contributed by atoms with Crippen molar-refractivity contribution in [2.75, 3.05) is 26.3 Å². The van der Waals surface area contributed by atoms with Crippen molar-refractivity contribution in [3.05, 3.63) is 23.9 Å². The van der Waals surface area contributed by atoms with Crippen LogP contribution in [-0.4, -0.2) is 48.1 Å². The first kappa shape index (κ1) is 15.3. The number of rotatable bonds is 5. The van der Waals surface area contributed by atoms with Gasteiger partial charge in [-0.3, -0.25) is 4.79 Å². The van der Waals surface area contributed by atoms with Crippen LogP contribution in [0.15, 0.2) is 18.3 Å². The fraction of sp³-hybridized carbons (Fsp3) is 0.533. The fourth-order valence-corrected chi connectivity index (χ4v) is 2.24. The number of amides is 1. The molecule has 0 atom stereocenters. The molecule has 0 spiro atoms. The van der Waals surface area contributed by atoms with Gasteiger partial charge in [0.2, 0.25) is 5.88 Å². The average molecular weight is 292 g/mol. The molecular formula is C15H20N2O4. The van der Waals surface area contributed by atoms with Gasteiger partial charge in [-0.1, -0.05) is 0 Å². The molecule has 2 heterocycles. The maximum Gasteiger partial charge on any atom is 0.344 e. The zero-order valence-corrected chi connectivity index (χ0v) is 12.2. The van der Waals surface area contributed by atoms with E-state index in [2.05, 4.69) is 4.98 Å². The summed E-state index contributed by atoms with van der Waals surface area (Å²) in [6, 6.07) is 3.21. The van der Waals surface area contributed by atoms with E-state index in [0.29, 0.717) is 6.61 Å². The van der Waals surface area contributed by atoms with Crippen molar-refractivity contribution >= 4 is 11.9 Å². The highest BCUT2D eigenvalue weighted by Crippen LogP contribution is 2.16. The average Bonchev–Trinajstić information content (AvgIpc) is 2.54. The third-order valence-corrected chi connectivity index (χ3v) is 3.31. The van der Waals surface area contributed by atoms with Gasteiger partial charge in [0, 0.05) is 19.3 Å². The molecule has 1 amide bonds. The zero-order valence-electron chi connectivity index (χ0n) is 12.2. The van der Waals surface area contributed by atoms with E-state index < -0.39 is 5.97 Å². The van der Waals surface area contributed by atoms with Crippen LogP contribution in [0.2, 0.25) is 0 Å². The second-order valence-electron chi connectivity index (χ2n) is 4.81. The molecule has 6 heteroatoms. The summed E-state index contributed by atoms with van der Waals surface area (Å²) in [6.07, 6.45) is 4.71. The van der Waals surface area contributed by atoms with Gasteiger partial charge in [-0.25, -0.2) is 9.78 Å². The second kappa shape index (κ2) is 7.61. The summed E-state index contributed by atoms with van der Waals surface area (Å²) in [4.78, 5) is 29.7. The molecule has 1 aliphatic rings. The number of nitrogens with zero attached hydrogens (tertiary/aromatic N) is 2. The molecular weight excluding hydrogens is 272 g/mol. The molecule has 1 saturated heterocycles. The third-order valence-electron chi connectivity index (χ3n) is 3.31. The number of hydrogen-bond acceptors (Lipinski definition) is 5. The lowest BCUT2D eigenvalue weighted by molar-refractivity contribution is -0.135. The first-order valence-corrected chi connectivity index (χ1v) is 7.25. The quantitative estimate of drug-likeness (QED) is 0.772. The molecule has 0 aliphatic carbocycles. The standard InChI is InChI=1S/C15H20N2O4/c1-2-20-14-12(7-6-8-16-14)15(19)21-11-13(18)17-9-4-3-5-10-17/h6-8H,2-5,9-11H2,1H3. The molecule has 21 heavy (non-hydrogen) atoms. The summed E-state index contributed by atoms with van der Waals surface area (Å²) in [5, 5.41) is 0. The number of carbonyl (C=O) groups excluding carboxylic acids is 2. The van der Waals surface area contributed by atoms with Crippen molar-refractivity contribution in [2.24, 2.45) is 0 Å². The van der Waals surface area contributed by atoms with Crippen LogP contribution in [0.5, 0.6) is 5.88 Å². The van der Waals surface area contributed by atoms with Crippen LogP contribution >= 0.6 is 0 Å². The third kappa shape index (κ3) is 4.18. The molecule has 1 aromatic heterocycles. The highest BCUT2D eigenvalue weighted by atomic mass is 16.5. The lowest BCUT2D eigenvalue weighted by atomic mass is 10.1. The summed E-state index contributed by atoms with van der Waals surface area (Å²) in [5.74, 6) is -0.503. The van der Waals surface area contributed by atoms with Gasteiger partial charge in [0.05, 0.1) is 6.61 Å². The van der Waals surface area contributed by atoms with Crippen LogP contribution in [0, 0.1) is 0 Å². The molecule has 0 saturated carbocycles. The van der Waals surface area contributed by atoms with E-state index in [0.717, 1.165) is 32.4 Å². The maximum absolute atomic E-state index is 12.0. The predicted octanol–water partition coefficient (Wildman–Crippen LogP) is 1.65. The predicted molar refractivity (Wildman–Crippen MR) is 76.1 cm³/mol. The Hall–Kier alpha value is -2.11. The Kier molecular flexibility index (Phi) is 5.54. The number of likely N-dealkylation sites (tertiary alicyclic amines) is 1. The van der Waals surface area contributed by atoms with Crippen molar-refractivity contribution in [1.82, 2.24) is 9.88 Å². The van der Waals surface area contributed by atoms with Gasteiger partial charge in [0.25, 0.3) is 5.91 Å². The van der Waals surface area contributed by atoms with Crippen LogP contribution in [0.1, 0.15) is 36.5 Å². The van der Waals surface area contributed by atoms with Crippen molar-refractivity contribution in [2.45, 2.75) is 26.2 Å². The Morgan fingerprint density at radius 2 is 2.05 bits per heavy atom. The molecule has 0 aromatic carbocycles. The Bertz CT molecular complexity index is 498. The lowest BCUT2D eigenvalue weighted by Gasteiger charge is -2.26. The summed E-state index contributed by atoms with van der Waals surface area (Å²) < 4.78 is 10.4. The lowest BCUT2D eigenvalue weighted by Crippen LogP contribution is -2.38. The number of ether oxygens (including phenoxy) is 2. The van der Waals surface area contributed by atoms with E-state index in [-0.39, 0.29) is 24.0 Å². The van der Waals surface area contributed by atoms with Gasteiger partial charge in [0.15, 0.2) is 6.61 Å². The first-order chi connectivity index (χ1) is 10.2. The smallest absolute Gasteiger partial charge is 0.344 e. The van der Waals surface area contributed by atoms with Crippen LogP contribution in [0.3, 0.4) is 0 Å². The summed E-state index contributed by atoms with van der Waals surface area (Å²) in [6.45, 7) is 3.47. The van der Waals surface area contributed by atoms with Gasteiger partial charge >= 0.3 is 5.97 Å². The van der Waals surface area contributed by atoms with Gasteiger partial charge in [-0.05, 0) is 38.3 Å². The van der Waals surface area contributed by atoms with E-state index in [4.69, 9.17) is 9.47 Å². The summed E-state index contributed by atoms with van der Waals surface area (Å²) in [7, 11) is 0. The van der Waals surface area contributed by atoms with Crippen LogP contribution in [0.4, 0.5) is 0 Å². The molecule has 114 valence electrons. The summed E-state index contributed by atoms with van der Waals surface area (Å²) in [5.41, 5.74) is 0.241. The Morgan fingerprint density at radius 3 is 2.76 bits per heavy atom. The number of pyridine rings is 1. The number of esters is 1. The topological polar surface area (TPSA) is 68.7 Å². The number of piperidine rings is 1. The molecule has 2 rings (SSSR count). The Balaban J connectivity index is 1.90. The first-order valence-electron chi connectivity index (χ1n) is 7.25. The largest absolute Gasteiger partial charge is 0.477 e. The van der Waals surface area contributed by atoms with Gasteiger partial charge < -0.3 is 14.4 Å². The molecule has 1 fully saturated rings. The highest BCUT2D eigenvalue weighted by molar-refractivity contribution is 5.93. The number of hydrogen-bond donors (Lipinski definition) is 0. The van der Waals surface area contributed by atoms with E-state index in [1.54, 1.807) is 23.2 Å². The number of carbonyl (C=O) groups is 2. The molecule has 1 aliphatic heterocycles. The van der Waals surface area contributed by atoms with Gasteiger partial charge in [0.1, 0.15) is 5.56 Å². The van der Waals surface area contributed by atoms with Gasteiger partial charge in [-0.15, -0.1) is 0 Å². The Labute approximate surface area is 124 Å². The van der Waals surface area contributed by atoms with E-state index in [9.17, 15) is 9.59 Å². The van der Waals surface area contributed by atoms with Crippen molar-refractivity contribution in [3.63, 3.8) is 0 Å². The van der Waals surface area contributed by atoms with Crippen molar-refractivity contribution in [3.8, 4) is 5.88 Å². The normalized spacial score (nSPS) is 14.6. The van der Waals surface area contributed by atoms with E-state index >= 15 is 0 Å². The molecule has 0 N–H and O–H groups in total. The summed E-state index contributed by atoms with van der Waals surface area (Å²) >= 11 is 0. The van der Waals surface area contributed by atoms with Crippen LogP contribution in [-0.2, 0) is 9.53 Å². The zero-order chi connectivity index (χ0) is 15.1. The maximum atomic E-state index is 12.0. The molecule has 1 aromatic rings. The van der Waals surface area contributed by atoms with E-state index in [1.165, 1.54) is 0 Å². The highest BCUT2D eigenvalue weighted by Gasteiger charge is 2.20. The fourth-order valence-electron chi connectivity index (χ4n) is 2.24. The molecule has 6 nitrogen and oxygen atoms in total. The molecule has 0 bridgehead atoms. The second-order valence-corrected chi connectivity index (χ2v) is 4.81. The minimum absolute atomic E-state index is 0.148. The SMILES string of the molecule is CCOc1ncccc1C(=O)OCC(=O)N1CCCCC1.